The zero-order valence-electron chi connectivity index (χ0n) is 11.1. The average Bonchev–Trinajstić information content (AvgIpc) is 2.93. The molecule has 1 aliphatic heterocycles. The molecule has 3 saturated carbocycles. The Bertz CT molecular complexity index is 376. The van der Waals surface area contributed by atoms with Gasteiger partial charge in [-0.05, 0) is 60.2 Å². The lowest BCUT2D eigenvalue weighted by Gasteiger charge is -2.39. The first-order chi connectivity index (χ1) is 8.14. The van der Waals surface area contributed by atoms with Crippen LogP contribution in [0.2, 0.25) is 25.2 Å². The van der Waals surface area contributed by atoms with Crippen molar-refractivity contribution in [3.8, 4) is 0 Å². The first kappa shape index (κ1) is 9.83. The third kappa shape index (κ3) is 1.03. The van der Waals surface area contributed by atoms with Crippen LogP contribution < -0.4 is 0 Å². The Labute approximate surface area is 106 Å². The summed E-state index contributed by atoms with van der Waals surface area (Å²) in [6.45, 7) is 5.32. The fourth-order valence-electron chi connectivity index (χ4n) is 7.25. The van der Waals surface area contributed by atoms with Crippen molar-refractivity contribution in [1.29, 1.82) is 0 Å². The molecule has 4 fully saturated rings. The van der Waals surface area contributed by atoms with Crippen LogP contribution in [0.3, 0.4) is 0 Å². The smallest absolute Gasteiger partial charge is 0.0479 e. The number of hydrogen-bond acceptors (Lipinski definition) is 0. The van der Waals surface area contributed by atoms with Gasteiger partial charge in [0.2, 0.25) is 0 Å². The molecular weight excluding hydrogens is 220 g/mol. The summed E-state index contributed by atoms with van der Waals surface area (Å²) >= 11 is 0. The average molecular weight is 244 g/mol. The lowest BCUT2D eigenvalue weighted by atomic mass is 9.66. The Balaban J connectivity index is 1.55. The van der Waals surface area contributed by atoms with E-state index in [1.807, 2.05) is 0 Å². The van der Waals surface area contributed by atoms with E-state index in [0.717, 1.165) is 23.7 Å². The maximum atomic E-state index is 2.66. The van der Waals surface area contributed by atoms with Gasteiger partial charge in [0.25, 0.3) is 0 Å². The van der Waals surface area contributed by atoms with Crippen molar-refractivity contribution in [2.75, 3.05) is 0 Å². The second kappa shape index (κ2) is 2.76. The Morgan fingerprint density at radius 1 is 0.765 bits per heavy atom. The minimum absolute atomic E-state index is 0.772. The van der Waals surface area contributed by atoms with Gasteiger partial charge >= 0.3 is 0 Å². The van der Waals surface area contributed by atoms with E-state index >= 15 is 0 Å². The van der Waals surface area contributed by atoms with Crippen LogP contribution >= 0.6 is 0 Å². The predicted octanol–water partition coefficient (Wildman–Crippen LogP) is 4.03. The van der Waals surface area contributed by atoms with Gasteiger partial charge in [0, 0.05) is 8.07 Å². The molecule has 0 aromatic heterocycles. The first-order valence-electron chi connectivity index (χ1n) is 7.82. The minimum atomic E-state index is -0.772. The molecule has 1 heterocycles. The SMILES string of the molecule is C[Si]1(C)CC2C(C1)C1CC2C2C3C=CC(C3)C12. The molecule has 0 nitrogen and oxygen atoms in total. The van der Waals surface area contributed by atoms with E-state index in [1.165, 1.54) is 23.7 Å². The molecule has 1 heteroatoms. The maximum Gasteiger partial charge on any atom is 0.0479 e. The molecule has 0 spiro atoms. The minimum Gasteiger partial charge on any atom is -0.0848 e. The quantitative estimate of drug-likeness (QED) is 0.343. The van der Waals surface area contributed by atoms with Crippen LogP contribution in [0.5, 0.6) is 0 Å². The zero-order valence-corrected chi connectivity index (χ0v) is 12.1. The zero-order chi connectivity index (χ0) is 11.4. The van der Waals surface area contributed by atoms with E-state index in [4.69, 9.17) is 0 Å². The van der Waals surface area contributed by atoms with E-state index in [-0.39, 0.29) is 0 Å². The molecule has 0 radical (unpaired) electrons. The Kier molecular flexibility index (Phi) is 1.60. The third-order valence-corrected chi connectivity index (χ3v) is 10.5. The second-order valence-electron chi connectivity index (χ2n) is 8.57. The van der Waals surface area contributed by atoms with Gasteiger partial charge in [-0.2, -0.15) is 0 Å². The maximum absolute atomic E-state index is 2.66. The van der Waals surface area contributed by atoms with Crippen LogP contribution in [0.4, 0.5) is 0 Å². The summed E-state index contributed by atoms with van der Waals surface area (Å²) in [6, 6.07) is 3.37. The van der Waals surface area contributed by atoms with E-state index < -0.39 is 8.07 Å². The standard InChI is InChI=1S/C16H24Si/c1-17(2)7-13-11-6-12(14(13)8-17)16-10-4-3-9(5-10)15(11)16/h3-4,9-16H,5-8H2,1-2H3. The summed E-state index contributed by atoms with van der Waals surface area (Å²) in [5.74, 6) is 9.07. The van der Waals surface area contributed by atoms with Crippen molar-refractivity contribution >= 4 is 8.07 Å². The molecule has 5 aliphatic rings. The number of rotatable bonds is 0. The molecule has 0 N–H and O–H groups in total. The molecule has 17 heavy (non-hydrogen) atoms. The summed E-state index contributed by atoms with van der Waals surface area (Å²) in [5, 5.41) is 0. The summed E-state index contributed by atoms with van der Waals surface area (Å²) in [4.78, 5) is 0. The largest absolute Gasteiger partial charge is 0.0848 e. The molecular formula is C16H24Si. The van der Waals surface area contributed by atoms with Gasteiger partial charge in [-0.3, -0.25) is 0 Å². The van der Waals surface area contributed by atoms with Crippen molar-refractivity contribution in [2.24, 2.45) is 47.3 Å². The number of allylic oxidation sites excluding steroid dienone is 2. The van der Waals surface area contributed by atoms with Gasteiger partial charge in [-0.25, -0.2) is 0 Å². The van der Waals surface area contributed by atoms with Gasteiger partial charge in [0.15, 0.2) is 0 Å². The van der Waals surface area contributed by atoms with Crippen molar-refractivity contribution in [3.63, 3.8) is 0 Å². The van der Waals surface area contributed by atoms with Crippen LogP contribution in [0, 0.1) is 47.3 Å². The van der Waals surface area contributed by atoms with Crippen molar-refractivity contribution in [3.05, 3.63) is 12.2 Å². The van der Waals surface area contributed by atoms with Gasteiger partial charge in [-0.1, -0.05) is 37.3 Å². The van der Waals surface area contributed by atoms with Crippen LogP contribution in [-0.2, 0) is 0 Å². The van der Waals surface area contributed by atoms with Crippen LogP contribution in [0.15, 0.2) is 12.2 Å². The van der Waals surface area contributed by atoms with E-state index in [1.54, 1.807) is 24.9 Å². The highest BCUT2D eigenvalue weighted by molar-refractivity contribution is 6.78. The Morgan fingerprint density at radius 3 is 1.82 bits per heavy atom. The molecule has 8 atom stereocenters. The van der Waals surface area contributed by atoms with Crippen LogP contribution in [-0.4, -0.2) is 8.07 Å². The van der Waals surface area contributed by atoms with Crippen molar-refractivity contribution < 1.29 is 0 Å². The number of fused-ring (bicyclic) bond motifs is 12. The monoisotopic (exact) mass is 244 g/mol. The van der Waals surface area contributed by atoms with E-state index in [0.29, 0.717) is 0 Å². The van der Waals surface area contributed by atoms with Crippen molar-refractivity contribution in [1.82, 2.24) is 0 Å². The number of hydrogen-bond donors (Lipinski definition) is 0. The van der Waals surface area contributed by atoms with Gasteiger partial charge in [0.05, 0.1) is 0 Å². The highest BCUT2D eigenvalue weighted by Crippen LogP contribution is 2.72. The topological polar surface area (TPSA) is 0 Å². The summed E-state index contributed by atoms with van der Waals surface area (Å²) < 4.78 is 0. The molecule has 4 aliphatic carbocycles. The normalized spacial score (nSPS) is 64.4. The van der Waals surface area contributed by atoms with Crippen molar-refractivity contribution in [2.45, 2.75) is 38.0 Å². The molecule has 0 aromatic rings. The van der Waals surface area contributed by atoms with Gasteiger partial charge < -0.3 is 0 Å². The Hall–Kier alpha value is -0.0431. The summed E-state index contributed by atoms with van der Waals surface area (Å²) in [7, 11) is -0.772. The lowest BCUT2D eigenvalue weighted by Crippen LogP contribution is -2.34. The lowest BCUT2D eigenvalue weighted by molar-refractivity contribution is 0.116. The predicted molar refractivity (Wildman–Crippen MR) is 73.4 cm³/mol. The third-order valence-electron chi connectivity index (χ3n) is 7.34. The highest BCUT2D eigenvalue weighted by Gasteiger charge is 2.66. The summed E-state index contributed by atoms with van der Waals surface area (Å²) in [6.07, 6.45) is 8.38. The second-order valence-corrected chi connectivity index (χ2v) is 13.7. The molecule has 92 valence electrons. The summed E-state index contributed by atoms with van der Waals surface area (Å²) in [5.41, 5.74) is 0. The molecule has 0 aromatic carbocycles. The fourth-order valence-corrected chi connectivity index (χ4v) is 11.2. The first-order valence-corrected chi connectivity index (χ1v) is 11.2. The van der Waals surface area contributed by atoms with Gasteiger partial charge in [-0.15, -0.1) is 0 Å². The van der Waals surface area contributed by atoms with E-state index in [9.17, 15) is 0 Å². The van der Waals surface area contributed by atoms with E-state index in [2.05, 4.69) is 25.2 Å². The molecule has 4 bridgehead atoms. The van der Waals surface area contributed by atoms with Gasteiger partial charge in [0.1, 0.15) is 0 Å². The molecule has 1 saturated heterocycles. The van der Waals surface area contributed by atoms with Crippen LogP contribution in [0.25, 0.3) is 0 Å². The molecule has 0 amide bonds. The van der Waals surface area contributed by atoms with Crippen LogP contribution in [0.1, 0.15) is 12.8 Å². The fraction of sp³-hybridized carbons (Fsp3) is 0.875. The molecule has 5 rings (SSSR count). The molecule has 8 unspecified atom stereocenters. The highest BCUT2D eigenvalue weighted by atomic mass is 28.3. The Morgan fingerprint density at radius 2 is 1.29 bits per heavy atom.